The number of hydrogen-bond acceptors (Lipinski definition) is 6. The molecule has 9 nitrogen and oxygen atoms in total. The number of hydrogen-bond donors (Lipinski definition) is 1. The second-order valence-corrected chi connectivity index (χ2v) is 8.47. The van der Waals surface area contributed by atoms with Gasteiger partial charge in [-0.05, 0) is 62.0 Å². The summed E-state index contributed by atoms with van der Waals surface area (Å²) in [5, 5.41) is 15.9. The van der Waals surface area contributed by atoms with E-state index in [0.29, 0.717) is 29.7 Å². The Bertz CT molecular complexity index is 1210. The van der Waals surface area contributed by atoms with Crippen molar-refractivity contribution in [2.75, 3.05) is 27.4 Å². The van der Waals surface area contributed by atoms with Gasteiger partial charge >= 0.3 is 0 Å². The van der Waals surface area contributed by atoms with E-state index in [-0.39, 0.29) is 22.7 Å². The summed E-state index contributed by atoms with van der Waals surface area (Å²) in [5.74, 6) is 0.435. The van der Waals surface area contributed by atoms with Gasteiger partial charge in [-0.15, -0.1) is 0 Å². The maximum atomic E-state index is 11.9. The van der Waals surface area contributed by atoms with Crippen LogP contribution in [0, 0.1) is 24.0 Å². The van der Waals surface area contributed by atoms with Gasteiger partial charge in [0.25, 0.3) is 5.69 Å². The molecule has 1 fully saturated rings. The zero-order valence-electron chi connectivity index (χ0n) is 19.5. The van der Waals surface area contributed by atoms with Crippen molar-refractivity contribution in [3.05, 3.63) is 81.4 Å². The molecular formula is C24H27N5O4S. The fraction of sp³-hybridized carbons (Fsp3) is 0.333. The number of rotatable bonds is 8. The van der Waals surface area contributed by atoms with Gasteiger partial charge in [0, 0.05) is 31.2 Å². The molecule has 34 heavy (non-hydrogen) atoms. The average molecular weight is 482 g/mol. The average Bonchev–Trinajstić information content (AvgIpc) is 3.32. The van der Waals surface area contributed by atoms with Gasteiger partial charge in [0.1, 0.15) is 11.4 Å². The molecule has 1 saturated heterocycles. The number of ether oxygens (including phenoxy) is 2. The number of methoxy groups -OCH3 is 2. The number of thiocarbonyl (C=S) groups is 1. The topological polar surface area (TPSA) is 94.7 Å². The first-order valence-corrected chi connectivity index (χ1v) is 11.3. The van der Waals surface area contributed by atoms with Crippen molar-refractivity contribution in [2.45, 2.75) is 25.9 Å². The molecule has 0 amide bonds. The monoisotopic (exact) mass is 481 g/mol. The summed E-state index contributed by atoms with van der Waals surface area (Å²) in [7, 11) is 3.15. The lowest BCUT2D eigenvalue weighted by Gasteiger charge is -2.28. The maximum Gasteiger partial charge on any atom is 0.296 e. The van der Waals surface area contributed by atoms with Crippen LogP contribution in [0.1, 0.15) is 34.7 Å². The van der Waals surface area contributed by atoms with E-state index in [9.17, 15) is 10.1 Å². The lowest BCUT2D eigenvalue weighted by Crippen LogP contribution is -2.32. The molecule has 0 unspecified atom stereocenters. The van der Waals surface area contributed by atoms with E-state index in [1.807, 2.05) is 36.6 Å². The van der Waals surface area contributed by atoms with Gasteiger partial charge in [0.05, 0.1) is 42.5 Å². The predicted molar refractivity (Wildman–Crippen MR) is 132 cm³/mol. The third kappa shape index (κ3) is 4.22. The van der Waals surface area contributed by atoms with E-state index < -0.39 is 0 Å². The Kier molecular flexibility index (Phi) is 6.80. The summed E-state index contributed by atoms with van der Waals surface area (Å²) in [6, 6.07) is 12.4. The molecule has 10 heteroatoms. The molecule has 3 heterocycles. The largest absolute Gasteiger partial charge is 0.496 e. The molecule has 2 aromatic heterocycles. The van der Waals surface area contributed by atoms with Crippen molar-refractivity contribution >= 4 is 23.0 Å². The molecule has 0 radical (unpaired) electrons. The third-order valence-corrected chi connectivity index (χ3v) is 6.50. The summed E-state index contributed by atoms with van der Waals surface area (Å²) in [6.45, 7) is 5.03. The molecule has 1 aliphatic rings. The Morgan fingerprint density at radius 2 is 2.00 bits per heavy atom. The minimum atomic E-state index is -0.385. The van der Waals surface area contributed by atoms with Gasteiger partial charge in [-0.1, -0.05) is 6.07 Å². The van der Waals surface area contributed by atoms with E-state index in [2.05, 4.69) is 21.3 Å². The molecule has 0 aliphatic carbocycles. The predicted octanol–water partition coefficient (Wildman–Crippen LogP) is 4.02. The van der Waals surface area contributed by atoms with Gasteiger partial charge < -0.3 is 24.3 Å². The fourth-order valence-corrected chi connectivity index (χ4v) is 4.93. The van der Waals surface area contributed by atoms with Gasteiger partial charge in [0.2, 0.25) is 0 Å². The molecule has 1 N–H and O–H groups in total. The van der Waals surface area contributed by atoms with E-state index in [0.717, 1.165) is 22.6 Å². The van der Waals surface area contributed by atoms with Gasteiger partial charge in [-0.25, -0.2) is 0 Å². The highest BCUT2D eigenvalue weighted by Crippen LogP contribution is 2.42. The number of nitro benzene ring substituents is 1. The van der Waals surface area contributed by atoms with Crippen LogP contribution in [-0.2, 0) is 4.74 Å². The number of pyridine rings is 1. The van der Waals surface area contributed by atoms with Crippen molar-refractivity contribution in [3.63, 3.8) is 0 Å². The molecule has 1 aliphatic heterocycles. The summed E-state index contributed by atoms with van der Waals surface area (Å²) >= 11 is 5.69. The molecule has 3 aromatic rings. The Balaban J connectivity index is 1.86. The Labute approximate surface area is 203 Å². The lowest BCUT2D eigenvalue weighted by molar-refractivity contribution is -0.384. The van der Waals surface area contributed by atoms with Crippen LogP contribution in [-0.4, -0.2) is 51.9 Å². The van der Waals surface area contributed by atoms with Crippen LogP contribution < -0.4 is 10.1 Å². The summed E-state index contributed by atoms with van der Waals surface area (Å²) in [5.41, 5.74) is 4.12. The molecule has 0 spiro atoms. The Morgan fingerprint density at radius 1 is 1.21 bits per heavy atom. The highest BCUT2D eigenvalue weighted by molar-refractivity contribution is 7.80. The molecule has 4 rings (SSSR count). The maximum absolute atomic E-state index is 11.9. The molecule has 0 saturated carbocycles. The zero-order valence-corrected chi connectivity index (χ0v) is 20.3. The number of nitrogens with zero attached hydrogens (tertiary/aromatic N) is 4. The van der Waals surface area contributed by atoms with Crippen LogP contribution in [0.3, 0.4) is 0 Å². The van der Waals surface area contributed by atoms with E-state index in [1.54, 1.807) is 25.4 Å². The highest BCUT2D eigenvalue weighted by Gasteiger charge is 2.41. The smallest absolute Gasteiger partial charge is 0.296 e. The van der Waals surface area contributed by atoms with Crippen LogP contribution in [0.5, 0.6) is 5.75 Å². The van der Waals surface area contributed by atoms with E-state index in [1.165, 1.54) is 13.2 Å². The second kappa shape index (κ2) is 9.78. The number of benzene rings is 1. The first kappa shape index (κ1) is 23.7. The Hall–Kier alpha value is -3.50. The molecule has 178 valence electrons. The van der Waals surface area contributed by atoms with Crippen LogP contribution in [0.4, 0.5) is 5.69 Å². The van der Waals surface area contributed by atoms with Crippen LogP contribution in [0.15, 0.2) is 48.7 Å². The van der Waals surface area contributed by atoms with Crippen molar-refractivity contribution in [1.82, 2.24) is 19.8 Å². The summed E-state index contributed by atoms with van der Waals surface area (Å²) in [6.07, 6.45) is 1.76. The first-order chi connectivity index (χ1) is 16.4. The molecular weight excluding hydrogens is 454 g/mol. The van der Waals surface area contributed by atoms with Gasteiger partial charge in [-0.2, -0.15) is 0 Å². The number of nitro groups is 1. The van der Waals surface area contributed by atoms with E-state index in [4.69, 9.17) is 21.7 Å². The molecule has 0 bridgehead atoms. The molecule has 2 atom stereocenters. The van der Waals surface area contributed by atoms with Crippen LogP contribution in [0.2, 0.25) is 0 Å². The van der Waals surface area contributed by atoms with Gasteiger partial charge in [-0.3, -0.25) is 15.1 Å². The number of aromatic nitrogens is 2. The van der Waals surface area contributed by atoms with Gasteiger partial charge in [0.15, 0.2) is 5.11 Å². The molecule has 1 aromatic carbocycles. The Morgan fingerprint density at radius 3 is 2.65 bits per heavy atom. The highest BCUT2D eigenvalue weighted by atomic mass is 32.1. The standard InChI is InChI=1S/C24H27N5O4S/c1-15-13-18(16(2)28(15)20-9-8-17(33-4)14-21(20)29(30)31)23-22(19-7-5-6-10-25-19)26-24(34)27(23)11-12-32-3/h5-10,13-14,22-23H,11-12H2,1-4H3,(H,26,34)/t22-,23+/m0/s1. The fourth-order valence-electron chi connectivity index (χ4n) is 4.60. The van der Waals surface area contributed by atoms with Crippen molar-refractivity contribution in [1.29, 1.82) is 0 Å². The SMILES string of the molecule is COCCN1C(=S)N[C@@H](c2ccccn2)[C@H]1c1cc(C)n(-c2ccc(OC)cc2[N+](=O)[O-])c1C. The minimum absolute atomic E-state index is 0.0229. The normalized spacial score (nSPS) is 17.6. The zero-order chi connectivity index (χ0) is 24.4. The quantitative estimate of drug-likeness (QED) is 0.293. The van der Waals surface area contributed by atoms with Crippen molar-refractivity contribution in [3.8, 4) is 11.4 Å². The van der Waals surface area contributed by atoms with Crippen LogP contribution >= 0.6 is 12.2 Å². The third-order valence-electron chi connectivity index (χ3n) is 6.14. The second-order valence-electron chi connectivity index (χ2n) is 8.09. The number of nitrogens with one attached hydrogen (secondary N) is 1. The van der Waals surface area contributed by atoms with Crippen molar-refractivity contribution in [2.24, 2.45) is 0 Å². The minimum Gasteiger partial charge on any atom is -0.496 e. The lowest BCUT2D eigenvalue weighted by atomic mass is 9.97. The summed E-state index contributed by atoms with van der Waals surface area (Å²) in [4.78, 5) is 18.2. The number of aryl methyl sites for hydroxylation is 1. The first-order valence-electron chi connectivity index (χ1n) is 10.9. The van der Waals surface area contributed by atoms with E-state index >= 15 is 0 Å². The van der Waals surface area contributed by atoms with Crippen molar-refractivity contribution < 1.29 is 14.4 Å². The van der Waals surface area contributed by atoms with Crippen LogP contribution in [0.25, 0.3) is 5.69 Å². The summed E-state index contributed by atoms with van der Waals surface area (Å²) < 4.78 is 12.5.